The molecule has 0 atom stereocenters. The molecule has 3 N–H and O–H groups in total. The predicted molar refractivity (Wildman–Crippen MR) is 90.8 cm³/mol. The number of nitrogens with zero attached hydrogens (tertiary/aromatic N) is 3. The minimum atomic E-state index is -4.77. The van der Waals surface area contributed by atoms with Gasteiger partial charge in [0, 0.05) is 17.0 Å². The first-order chi connectivity index (χ1) is 12.3. The molecule has 0 radical (unpaired) electrons. The number of halogens is 3. The van der Waals surface area contributed by atoms with Crippen LogP contribution in [0.15, 0.2) is 29.1 Å². The third-order valence-electron chi connectivity index (χ3n) is 3.42. The Hall–Kier alpha value is -2.88. The Balaban J connectivity index is 2.29. The van der Waals surface area contributed by atoms with Gasteiger partial charge in [0.15, 0.2) is 5.69 Å². The second-order valence-electron chi connectivity index (χ2n) is 5.14. The number of ether oxygens (including phenoxy) is 1. The summed E-state index contributed by atoms with van der Waals surface area (Å²) in [6, 6.07) is 4.24. The molecule has 0 unspecified atom stereocenters. The van der Waals surface area contributed by atoms with Gasteiger partial charge in [-0.05, 0) is 19.1 Å². The number of benzene rings is 1. The number of hydrogen-bond acceptors (Lipinski definition) is 7. The highest BCUT2D eigenvalue weighted by Gasteiger charge is 2.39. The topological polar surface area (TPSA) is 94.2 Å². The van der Waals surface area contributed by atoms with Crippen molar-refractivity contribution in [3.05, 3.63) is 34.8 Å². The number of nitrogens with two attached hydrogens (primary N) is 1. The van der Waals surface area contributed by atoms with Crippen molar-refractivity contribution in [1.82, 2.24) is 15.0 Å². The number of nitrogen functional groups attached to an aromatic ring is 1. The molecule has 10 heteroatoms. The molecule has 0 aliphatic heterocycles. The molecular formula is C16H13F3N4O2S. The Morgan fingerprint density at radius 3 is 2.62 bits per heavy atom. The first-order valence-corrected chi connectivity index (χ1v) is 8.35. The monoisotopic (exact) mass is 382 g/mol. The highest BCUT2D eigenvalue weighted by molar-refractivity contribution is 7.07. The van der Waals surface area contributed by atoms with E-state index in [4.69, 9.17) is 10.5 Å². The van der Waals surface area contributed by atoms with Crippen LogP contribution in [0.1, 0.15) is 12.6 Å². The van der Waals surface area contributed by atoms with Crippen LogP contribution in [0.2, 0.25) is 0 Å². The van der Waals surface area contributed by atoms with E-state index in [-0.39, 0.29) is 28.3 Å². The Bertz CT molecular complexity index is 930. The minimum absolute atomic E-state index is 0.0469. The molecular weight excluding hydrogens is 369 g/mol. The predicted octanol–water partition coefficient (Wildman–Crippen LogP) is 3.97. The van der Waals surface area contributed by atoms with Crippen LogP contribution >= 0.6 is 11.3 Å². The van der Waals surface area contributed by atoms with Gasteiger partial charge in [-0.25, -0.2) is 15.0 Å². The molecule has 136 valence electrons. The summed E-state index contributed by atoms with van der Waals surface area (Å²) in [7, 11) is 0. The molecule has 0 fully saturated rings. The highest BCUT2D eigenvalue weighted by Crippen LogP contribution is 2.43. The van der Waals surface area contributed by atoms with E-state index in [0.29, 0.717) is 12.4 Å². The molecule has 0 aliphatic carbocycles. The average molecular weight is 382 g/mol. The van der Waals surface area contributed by atoms with E-state index < -0.39 is 17.8 Å². The lowest BCUT2D eigenvalue weighted by Gasteiger charge is -2.16. The first kappa shape index (κ1) is 17.9. The normalized spacial score (nSPS) is 11.5. The molecule has 1 aromatic carbocycles. The number of aromatic nitrogens is 3. The van der Waals surface area contributed by atoms with Gasteiger partial charge in [0.2, 0.25) is 5.95 Å². The number of aromatic hydroxyl groups is 1. The summed E-state index contributed by atoms with van der Waals surface area (Å²) >= 11 is 1.13. The highest BCUT2D eigenvalue weighted by atomic mass is 32.1. The van der Waals surface area contributed by atoms with E-state index in [1.54, 1.807) is 6.92 Å². The second-order valence-corrected chi connectivity index (χ2v) is 5.86. The van der Waals surface area contributed by atoms with Crippen molar-refractivity contribution >= 4 is 17.3 Å². The zero-order chi connectivity index (χ0) is 18.9. The number of thiazole rings is 1. The Kier molecular flexibility index (Phi) is 4.68. The van der Waals surface area contributed by atoms with E-state index in [1.807, 2.05) is 0 Å². The van der Waals surface area contributed by atoms with E-state index in [0.717, 1.165) is 11.3 Å². The van der Waals surface area contributed by atoms with Crippen LogP contribution in [0.25, 0.3) is 22.5 Å². The van der Waals surface area contributed by atoms with Crippen molar-refractivity contribution in [2.45, 2.75) is 13.1 Å². The van der Waals surface area contributed by atoms with Crippen molar-refractivity contribution in [3.8, 4) is 34.0 Å². The van der Waals surface area contributed by atoms with Gasteiger partial charge in [-0.15, -0.1) is 11.3 Å². The molecule has 3 aromatic rings. The molecule has 2 heterocycles. The molecule has 0 saturated heterocycles. The number of rotatable bonds is 4. The minimum Gasteiger partial charge on any atom is -0.507 e. The van der Waals surface area contributed by atoms with Gasteiger partial charge < -0.3 is 15.6 Å². The Morgan fingerprint density at radius 1 is 1.27 bits per heavy atom. The summed E-state index contributed by atoms with van der Waals surface area (Å²) in [4.78, 5) is 11.2. The van der Waals surface area contributed by atoms with E-state index in [2.05, 4.69) is 15.0 Å². The zero-order valence-electron chi connectivity index (χ0n) is 13.4. The molecule has 6 nitrogen and oxygen atoms in total. The fourth-order valence-corrected chi connectivity index (χ4v) is 2.97. The van der Waals surface area contributed by atoms with Gasteiger partial charge in [-0.1, -0.05) is 0 Å². The standard InChI is InChI=1S/C16H13F3N4O2S/c1-2-25-8-3-4-9(11(24)5-8)13-12(10-6-26-7-21-10)14(16(17,18)19)23-15(20)22-13/h3-7,24H,2H2,1H3,(H2,20,22,23). The van der Waals surface area contributed by atoms with Gasteiger partial charge in [0.25, 0.3) is 0 Å². The average Bonchev–Trinajstić information content (AvgIpc) is 3.08. The molecule has 0 saturated carbocycles. The third-order valence-corrected chi connectivity index (χ3v) is 4.01. The van der Waals surface area contributed by atoms with Gasteiger partial charge in [-0.3, -0.25) is 0 Å². The largest absolute Gasteiger partial charge is 0.507 e. The fourth-order valence-electron chi connectivity index (χ4n) is 2.42. The lowest BCUT2D eigenvalue weighted by molar-refractivity contribution is -0.140. The maximum Gasteiger partial charge on any atom is 0.434 e. The van der Waals surface area contributed by atoms with Crippen LogP contribution in [-0.4, -0.2) is 26.7 Å². The smallest absolute Gasteiger partial charge is 0.434 e. The van der Waals surface area contributed by atoms with Gasteiger partial charge in [0.05, 0.1) is 29.1 Å². The van der Waals surface area contributed by atoms with Crippen molar-refractivity contribution in [1.29, 1.82) is 0 Å². The number of alkyl halides is 3. The summed E-state index contributed by atoms with van der Waals surface area (Å²) in [6.45, 7) is 2.15. The summed E-state index contributed by atoms with van der Waals surface area (Å²) in [6.07, 6.45) is -4.77. The first-order valence-electron chi connectivity index (χ1n) is 7.40. The summed E-state index contributed by atoms with van der Waals surface area (Å²) in [5.41, 5.74) is 5.30. The van der Waals surface area contributed by atoms with E-state index >= 15 is 0 Å². The molecule has 3 rings (SSSR count). The zero-order valence-corrected chi connectivity index (χ0v) is 14.2. The Morgan fingerprint density at radius 2 is 2.04 bits per heavy atom. The summed E-state index contributed by atoms with van der Waals surface area (Å²) in [5.74, 6) is -0.472. The molecule has 0 spiro atoms. The summed E-state index contributed by atoms with van der Waals surface area (Å²) in [5, 5.41) is 11.7. The number of hydrogen-bond donors (Lipinski definition) is 2. The third kappa shape index (κ3) is 3.40. The molecule has 0 bridgehead atoms. The van der Waals surface area contributed by atoms with Crippen molar-refractivity contribution in [2.75, 3.05) is 12.3 Å². The van der Waals surface area contributed by atoms with Gasteiger partial charge >= 0.3 is 6.18 Å². The summed E-state index contributed by atoms with van der Waals surface area (Å²) < 4.78 is 45.9. The fraction of sp³-hybridized carbons (Fsp3) is 0.188. The van der Waals surface area contributed by atoms with E-state index in [9.17, 15) is 18.3 Å². The van der Waals surface area contributed by atoms with Crippen LogP contribution < -0.4 is 10.5 Å². The molecule has 2 aromatic heterocycles. The SMILES string of the molecule is CCOc1ccc(-c2nc(N)nc(C(F)(F)F)c2-c2cscn2)c(O)c1. The lowest BCUT2D eigenvalue weighted by Crippen LogP contribution is -2.14. The maximum atomic E-state index is 13.5. The van der Waals surface area contributed by atoms with Gasteiger partial charge in [0.1, 0.15) is 11.5 Å². The van der Waals surface area contributed by atoms with Crippen LogP contribution in [0.5, 0.6) is 11.5 Å². The van der Waals surface area contributed by atoms with Crippen LogP contribution in [0.3, 0.4) is 0 Å². The molecule has 26 heavy (non-hydrogen) atoms. The van der Waals surface area contributed by atoms with Crippen LogP contribution in [-0.2, 0) is 6.18 Å². The lowest BCUT2D eigenvalue weighted by atomic mass is 10.0. The second kappa shape index (κ2) is 6.79. The van der Waals surface area contributed by atoms with Crippen LogP contribution in [0.4, 0.5) is 19.1 Å². The molecule has 0 amide bonds. The van der Waals surface area contributed by atoms with E-state index in [1.165, 1.54) is 29.1 Å². The Labute approximate surface area is 150 Å². The molecule has 0 aliphatic rings. The number of phenolic OH excluding ortho intramolecular Hbond substituents is 1. The van der Waals surface area contributed by atoms with Gasteiger partial charge in [-0.2, -0.15) is 13.2 Å². The van der Waals surface area contributed by atoms with Crippen molar-refractivity contribution in [2.24, 2.45) is 0 Å². The maximum absolute atomic E-state index is 13.5. The number of anilines is 1. The van der Waals surface area contributed by atoms with Crippen molar-refractivity contribution < 1.29 is 23.0 Å². The van der Waals surface area contributed by atoms with Crippen LogP contribution in [0, 0.1) is 0 Å². The quantitative estimate of drug-likeness (QED) is 0.709. The number of phenols is 1. The van der Waals surface area contributed by atoms with Crippen molar-refractivity contribution in [3.63, 3.8) is 0 Å².